The Labute approximate surface area is 269 Å². The molecule has 3 aliphatic rings. The highest BCUT2D eigenvalue weighted by molar-refractivity contribution is 6.42. The Morgan fingerprint density at radius 3 is 2.30 bits per heavy atom. The van der Waals surface area contributed by atoms with Gasteiger partial charge in [0.25, 0.3) is 5.91 Å². The summed E-state index contributed by atoms with van der Waals surface area (Å²) >= 11 is 12.8. The standard InChI is InChI=1S/C35H40Cl2N2O5/c1-41-30-20-25(21-31(42-2)32(30)43-3)33(40)39-18-19-44-35(23-39,26-8-9-28(36)29(37)22-26)14-17-38-15-12-34(13-16-38)11-10-24-6-4-5-7-27(24)34/h4-9,20-22H,10-19,23H2,1-3H3. The Hall–Kier alpha value is -2.97. The molecule has 0 radical (unpaired) electrons. The van der Waals surface area contributed by atoms with Crippen LogP contribution < -0.4 is 14.2 Å². The highest BCUT2D eigenvalue weighted by Gasteiger charge is 2.43. The first-order chi connectivity index (χ1) is 21.3. The summed E-state index contributed by atoms with van der Waals surface area (Å²) in [5.41, 5.74) is 4.03. The molecular weight excluding hydrogens is 599 g/mol. The van der Waals surface area contributed by atoms with Crippen molar-refractivity contribution in [2.75, 3.05) is 60.7 Å². The van der Waals surface area contributed by atoms with Gasteiger partial charge in [0.2, 0.25) is 5.75 Å². The van der Waals surface area contributed by atoms with Crippen LogP contribution in [0.15, 0.2) is 54.6 Å². The first-order valence-electron chi connectivity index (χ1n) is 15.3. The van der Waals surface area contributed by atoms with Crippen molar-refractivity contribution in [2.24, 2.45) is 0 Å². The van der Waals surface area contributed by atoms with Crippen molar-refractivity contribution >= 4 is 29.1 Å². The highest BCUT2D eigenvalue weighted by Crippen LogP contribution is 2.47. The number of rotatable bonds is 8. The molecule has 2 aliphatic heterocycles. The van der Waals surface area contributed by atoms with Crippen molar-refractivity contribution in [2.45, 2.75) is 43.1 Å². The molecule has 7 nitrogen and oxygen atoms in total. The molecular formula is C35H40Cl2N2O5. The maximum atomic E-state index is 14.0. The fourth-order valence-electron chi connectivity index (χ4n) is 7.42. The molecule has 0 aromatic heterocycles. The third-order valence-corrected chi connectivity index (χ3v) is 10.7. The predicted molar refractivity (Wildman–Crippen MR) is 173 cm³/mol. The Kier molecular flexibility index (Phi) is 9.02. The third kappa shape index (κ3) is 5.76. The van der Waals surface area contributed by atoms with Crippen molar-refractivity contribution < 1.29 is 23.7 Å². The van der Waals surface area contributed by atoms with E-state index in [1.165, 1.54) is 18.4 Å². The highest BCUT2D eigenvalue weighted by atomic mass is 35.5. The van der Waals surface area contributed by atoms with Crippen LogP contribution in [0.5, 0.6) is 17.2 Å². The summed E-state index contributed by atoms with van der Waals surface area (Å²) in [5, 5.41) is 0.963. The number of carbonyl (C=O) groups excluding carboxylic acids is 1. The van der Waals surface area contributed by atoms with Crippen LogP contribution in [0.25, 0.3) is 0 Å². The van der Waals surface area contributed by atoms with E-state index in [0.29, 0.717) is 64.4 Å². The topological polar surface area (TPSA) is 60.5 Å². The van der Waals surface area contributed by atoms with E-state index in [2.05, 4.69) is 29.2 Å². The van der Waals surface area contributed by atoms with Gasteiger partial charge in [0.1, 0.15) is 5.60 Å². The van der Waals surface area contributed by atoms with Crippen LogP contribution in [0.4, 0.5) is 0 Å². The van der Waals surface area contributed by atoms with Crippen LogP contribution in [0, 0.1) is 0 Å². The van der Waals surface area contributed by atoms with E-state index in [4.69, 9.17) is 42.1 Å². The zero-order valence-corrected chi connectivity index (χ0v) is 27.2. The number of aryl methyl sites for hydroxylation is 1. The molecule has 0 N–H and O–H groups in total. The first-order valence-corrected chi connectivity index (χ1v) is 16.1. The van der Waals surface area contributed by atoms with E-state index in [1.807, 2.05) is 23.1 Å². The van der Waals surface area contributed by atoms with Gasteiger partial charge in [0, 0.05) is 18.7 Å². The fourth-order valence-corrected chi connectivity index (χ4v) is 7.72. The summed E-state index contributed by atoms with van der Waals surface area (Å²) in [7, 11) is 4.64. The number of nitrogens with zero attached hydrogens (tertiary/aromatic N) is 2. The number of likely N-dealkylation sites (tertiary alicyclic amines) is 1. The van der Waals surface area contributed by atoms with Gasteiger partial charge >= 0.3 is 0 Å². The van der Waals surface area contributed by atoms with E-state index in [9.17, 15) is 4.79 Å². The van der Waals surface area contributed by atoms with Crippen molar-refractivity contribution in [3.63, 3.8) is 0 Å². The van der Waals surface area contributed by atoms with E-state index in [1.54, 1.807) is 39.0 Å². The van der Waals surface area contributed by atoms with Gasteiger partial charge in [0.05, 0.1) is 44.5 Å². The van der Waals surface area contributed by atoms with Gasteiger partial charge in [-0.25, -0.2) is 0 Å². The number of ether oxygens (including phenoxy) is 4. The molecule has 1 amide bonds. The summed E-state index contributed by atoms with van der Waals surface area (Å²) in [6.45, 7) is 4.18. The van der Waals surface area contributed by atoms with Crippen LogP contribution in [0.1, 0.15) is 52.7 Å². The van der Waals surface area contributed by atoms with Crippen LogP contribution in [0.2, 0.25) is 10.0 Å². The van der Waals surface area contributed by atoms with E-state index in [0.717, 1.165) is 38.0 Å². The number of morpholine rings is 1. The molecule has 1 aliphatic carbocycles. The van der Waals surface area contributed by atoms with Crippen molar-refractivity contribution in [3.05, 3.63) is 86.9 Å². The smallest absolute Gasteiger partial charge is 0.254 e. The quantitative estimate of drug-likeness (QED) is 0.272. The lowest BCUT2D eigenvalue weighted by Crippen LogP contribution is -2.53. The summed E-state index contributed by atoms with van der Waals surface area (Å²) < 4.78 is 23.1. The Bertz CT molecular complexity index is 1500. The minimum Gasteiger partial charge on any atom is -0.493 e. The van der Waals surface area contributed by atoms with Crippen molar-refractivity contribution in [1.82, 2.24) is 9.80 Å². The largest absolute Gasteiger partial charge is 0.493 e. The Balaban J connectivity index is 1.23. The SMILES string of the molecule is COc1cc(C(=O)N2CCOC(CCN3CCC4(CCc5ccccc54)CC3)(c3ccc(Cl)c(Cl)c3)C2)cc(OC)c1OC. The Morgan fingerprint density at radius 2 is 1.61 bits per heavy atom. The molecule has 1 unspecified atom stereocenters. The maximum absolute atomic E-state index is 14.0. The average Bonchev–Trinajstić information content (AvgIpc) is 3.42. The minimum absolute atomic E-state index is 0.128. The van der Waals surface area contributed by atoms with Gasteiger partial charge in [-0.2, -0.15) is 0 Å². The molecule has 234 valence electrons. The van der Waals surface area contributed by atoms with Crippen LogP contribution in [-0.2, 0) is 22.2 Å². The number of piperidine rings is 1. The fraction of sp³-hybridized carbons (Fsp3) is 0.457. The zero-order valence-electron chi connectivity index (χ0n) is 25.7. The second-order valence-corrected chi connectivity index (χ2v) is 13.0. The second kappa shape index (κ2) is 12.8. The molecule has 2 heterocycles. The number of methoxy groups -OCH3 is 3. The molecule has 1 atom stereocenters. The Morgan fingerprint density at radius 1 is 0.886 bits per heavy atom. The van der Waals surface area contributed by atoms with Gasteiger partial charge in [0.15, 0.2) is 11.5 Å². The van der Waals surface area contributed by atoms with Gasteiger partial charge in [-0.3, -0.25) is 4.79 Å². The summed E-state index contributed by atoms with van der Waals surface area (Å²) in [6.07, 6.45) is 5.47. The van der Waals surface area contributed by atoms with Gasteiger partial charge in [-0.05, 0) is 91.6 Å². The molecule has 1 spiro atoms. The van der Waals surface area contributed by atoms with Crippen molar-refractivity contribution in [3.8, 4) is 17.2 Å². The zero-order chi connectivity index (χ0) is 30.9. The first kappa shape index (κ1) is 31.0. The number of fused-ring (bicyclic) bond motifs is 2. The molecule has 3 aromatic carbocycles. The molecule has 2 fully saturated rings. The molecule has 0 bridgehead atoms. The minimum atomic E-state index is -0.738. The van der Waals surface area contributed by atoms with Crippen LogP contribution in [0.3, 0.4) is 0 Å². The molecule has 2 saturated heterocycles. The monoisotopic (exact) mass is 638 g/mol. The summed E-state index contributed by atoms with van der Waals surface area (Å²) in [5.74, 6) is 1.19. The molecule has 6 rings (SSSR count). The molecule has 0 saturated carbocycles. The van der Waals surface area contributed by atoms with Gasteiger partial charge in [-0.1, -0.05) is 53.5 Å². The van der Waals surface area contributed by atoms with E-state index >= 15 is 0 Å². The summed E-state index contributed by atoms with van der Waals surface area (Å²) in [4.78, 5) is 18.4. The number of hydrogen-bond donors (Lipinski definition) is 0. The van der Waals surface area contributed by atoms with E-state index < -0.39 is 5.60 Å². The number of benzene rings is 3. The summed E-state index contributed by atoms with van der Waals surface area (Å²) in [6, 6.07) is 18.1. The molecule has 9 heteroatoms. The van der Waals surface area contributed by atoms with Gasteiger partial charge in [-0.15, -0.1) is 0 Å². The molecule has 44 heavy (non-hydrogen) atoms. The lowest BCUT2D eigenvalue weighted by molar-refractivity contribution is -0.113. The maximum Gasteiger partial charge on any atom is 0.254 e. The third-order valence-electron chi connectivity index (χ3n) is 9.94. The van der Waals surface area contributed by atoms with Crippen molar-refractivity contribution in [1.29, 1.82) is 0 Å². The predicted octanol–water partition coefficient (Wildman–Crippen LogP) is 6.76. The number of amides is 1. The second-order valence-electron chi connectivity index (χ2n) is 12.1. The van der Waals surface area contributed by atoms with Crippen LogP contribution in [-0.4, -0.2) is 76.4 Å². The molecule has 3 aromatic rings. The van der Waals surface area contributed by atoms with E-state index in [-0.39, 0.29) is 5.91 Å². The number of hydrogen-bond acceptors (Lipinski definition) is 6. The number of halogens is 2. The van der Waals surface area contributed by atoms with Crippen LogP contribution >= 0.6 is 23.2 Å². The number of carbonyl (C=O) groups is 1. The lowest BCUT2D eigenvalue weighted by atomic mass is 9.73. The normalized spacial score (nSPS) is 21.2. The average molecular weight is 640 g/mol. The lowest BCUT2D eigenvalue weighted by Gasteiger charge is -2.45. The van der Waals surface area contributed by atoms with Gasteiger partial charge < -0.3 is 28.7 Å².